The standard InChI is InChI=1S/C14H20N4OS/c1-9(15)12(16)8-14-17-13(18-20-14)7-10-4-3-5-11(6-10)19-2/h3-6,9,12H,7-8,15-16H2,1-2H3. The van der Waals surface area contributed by atoms with Crippen molar-refractivity contribution in [2.45, 2.75) is 31.8 Å². The van der Waals surface area contributed by atoms with Crippen LogP contribution < -0.4 is 16.2 Å². The second-order valence-electron chi connectivity index (χ2n) is 4.86. The largest absolute Gasteiger partial charge is 0.497 e. The average Bonchev–Trinajstić information content (AvgIpc) is 2.86. The van der Waals surface area contributed by atoms with Gasteiger partial charge in [0, 0.05) is 24.9 Å². The Morgan fingerprint density at radius 1 is 1.35 bits per heavy atom. The van der Waals surface area contributed by atoms with Crippen LogP contribution in [0.2, 0.25) is 0 Å². The van der Waals surface area contributed by atoms with Crippen molar-refractivity contribution in [3.05, 3.63) is 40.7 Å². The lowest BCUT2D eigenvalue weighted by atomic mass is 10.1. The van der Waals surface area contributed by atoms with Crippen molar-refractivity contribution in [2.75, 3.05) is 7.11 Å². The zero-order valence-corrected chi connectivity index (χ0v) is 12.6. The van der Waals surface area contributed by atoms with E-state index in [1.54, 1.807) is 7.11 Å². The van der Waals surface area contributed by atoms with Crippen LogP contribution in [0.15, 0.2) is 24.3 Å². The Kier molecular flexibility index (Phi) is 5.05. The molecular weight excluding hydrogens is 272 g/mol. The van der Waals surface area contributed by atoms with Crippen LogP contribution in [0, 0.1) is 0 Å². The van der Waals surface area contributed by atoms with E-state index in [-0.39, 0.29) is 12.1 Å². The molecule has 0 saturated heterocycles. The summed E-state index contributed by atoms with van der Waals surface area (Å²) >= 11 is 1.40. The summed E-state index contributed by atoms with van der Waals surface area (Å²) in [5.41, 5.74) is 12.8. The van der Waals surface area contributed by atoms with Crippen molar-refractivity contribution in [1.29, 1.82) is 0 Å². The summed E-state index contributed by atoms with van der Waals surface area (Å²) in [7, 11) is 1.66. The fraction of sp³-hybridized carbons (Fsp3) is 0.429. The van der Waals surface area contributed by atoms with E-state index in [1.807, 2.05) is 31.2 Å². The SMILES string of the molecule is COc1cccc(Cc2nsc(CC(N)C(C)N)n2)c1. The van der Waals surface area contributed by atoms with E-state index in [9.17, 15) is 0 Å². The summed E-state index contributed by atoms with van der Waals surface area (Å²) in [5.74, 6) is 1.66. The molecule has 0 saturated carbocycles. The van der Waals surface area contributed by atoms with Gasteiger partial charge in [0.2, 0.25) is 0 Å². The molecule has 0 bridgehead atoms. The highest BCUT2D eigenvalue weighted by molar-refractivity contribution is 7.05. The van der Waals surface area contributed by atoms with E-state index in [2.05, 4.69) is 9.36 Å². The molecule has 0 spiro atoms. The van der Waals surface area contributed by atoms with Crippen molar-refractivity contribution >= 4 is 11.5 Å². The van der Waals surface area contributed by atoms with Crippen molar-refractivity contribution < 1.29 is 4.74 Å². The van der Waals surface area contributed by atoms with Crippen LogP contribution in [0.3, 0.4) is 0 Å². The van der Waals surface area contributed by atoms with Gasteiger partial charge < -0.3 is 16.2 Å². The van der Waals surface area contributed by atoms with Gasteiger partial charge in [-0.05, 0) is 36.2 Å². The highest BCUT2D eigenvalue weighted by atomic mass is 32.1. The lowest BCUT2D eigenvalue weighted by molar-refractivity contribution is 0.414. The molecule has 1 heterocycles. The van der Waals surface area contributed by atoms with Crippen LogP contribution >= 0.6 is 11.5 Å². The zero-order chi connectivity index (χ0) is 14.5. The quantitative estimate of drug-likeness (QED) is 0.839. The number of nitrogens with zero attached hydrogens (tertiary/aromatic N) is 2. The fourth-order valence-electron chi connectivity index (χ4n) is 1.80. The summed E-state index contributed by atoms with van der Waals surface area (Å²) in [5, 5.41) is 0.938. The Morgan fingerprint density at radius 2 is 2.15 bits per heavy atom. The first-order chi connectivity index (χ1) is 9.58. The number of ether oxygens (including phenoxy) is 1. The van der Waals surface area contributed by atoms with E-state index in [0.29, 0.717) is 12.8 Å². The number of benzene rings is 1. The first kappa shape index (κ1) is 14.9. The van der Waals surface area contributed by atoms with Crippen LogP contribution in [0.1, 0.15) is 23.3 Å². The minimum absolute atomic E-state index is 0.0410. The third-order valence-corrected chi connectivity index (χ3v) is 3.86. The van der Waals surface area contributed by atoms with E-state index < -0.39 is 0 Å². The molecule has 5 nitrogen and oxygen atoms in total. The summed E-state index contributed by atoms with van der Waals surface area (Å²) in [6.45, 7) is 1.91. The molecule has 0 aliphatic rings. The molecule has 1 aromatic heterocycles. The minimum Gasteiger partial charge on any atom is -0.497 e. The molecule has 0 fully saturated rings. The molecule has 2 aromatic rings. The van der Waals surface area contributed by atoms with Gasteiger partial charge in [0.25, 0.3) is 0 Å². The summed E-state index contributed by atoms with van der Waals surface area (Å²) in [6, 6.07) is 7.80. The third-order valence-electron chi connectivity index (χ3n) is 3.09. The lowest BCUT2D eigenvalue weighted by Gasteiger charge is -2.12. The molecule has 0 aliphatic carbocycles. The number of rotatable bonds is 6. The predicted molar refractivity (Wildman–Crippen MR) is 81.0 cm³/mol. The van der Waals surface area contributed by atoms with Crippen molar-refractivity contribution in [3.8, 4) is 5.75 Å². The first-order valence-corrected chi connectivity index (χ1v) is 7.31. The van der Waals surface area contributed by atoms with Gasteiger partial charge in [0.1, 0.15) is 16.6 Å². The van der Waals surface area contributed by atoms with Gasteiger partial charge in [-0.25, -0.2) is 4.98 Å². The lowest BCUT2D eigenvalue weighted by Crippen LogP contribution is -2.40. The van der Waals surface area contributed by atoms with Gasteiger partial charge in [0.15, 0.2) is 0 Å². The summed E-state index contributed by atoms with van der Waals surface area (Å²) in [6.07, 6.45) is 1.37. The van der Waals surface area contributed by atoms with Crippen molar-refractivity contribution in [3.63, 3.8) is 0 Å². The Balaban J connectivity index is 2.02. The summed E-state index contributed by atoms with van der Waals surface area (Å²) < 4.78 is 9.58. The average molecular weight is 292 g/mol. The molecule has 2 atom stereocenters. The van der Waals surface area contributed by atoms with Crippen molar-refractivity contribution in [1.82, 2.24) is 9.36 Å². The molecular formula is C14H20N4OS. The normalized spacial score (nSPS) is 14.0. The van der Waals surface area contributed by atoms with Crippen LogP contribution in [0.4, 0.5) is 0 Å². The highest BCUT2D eigenvalue weighted by Crippen LogP contribution is 2.16. The Hall–Kier alpha value is -1.50. The summed E-state index contributed by atoms with van der Waals surface area (Å²) in [4.78, 5) is 4.51. The molecule has 108 valence electrons. The zero-order valence-electron chi connectivity index (χ0n) is 11.7. The fourth-order valence-corrected chi connectivity index (χ4v) is 2.53. The van der Waals surface area contributed by atoms with Crippen LogP contribution in [0.5, 0.6) is 5.75 Å². The molecule has 2 unspecified atom stereocenters. The van der Waals surface area contributed by atoms with Crippen molar-refractivity contribution in [2.24, 2.45) is 11.5 Å². The van der Waals surface area contributed by atoms with Gasteiger partial charge in [-0.3, -0.25) is 0 Å². The van der Waals surface area contributed by atoms with E-state index in [1.165, 1.54) is 11.5 Å². The van der Waals surface area contributed by atoms with Gasteiger partial charge in [-0.15, -0.1) is 0 Å². The molecule has 2 rings (SSSR count). The van der Waals surface area contributed by atoms with E-state index in [0.717, 1.165) is 22.1 Å². The number of hydrogen-bond acceptors (Lipinski definition) is 6. The van der Waals surface area contributed by atoms with Gasteiger partial charge in [-0.1, -0.05) is 12.1 Å². The maximum atomic E-state index is 5.95. The van der Waals surface area contributed by atoms with Gasteiger partial charge in [0.05, 0.1) is 7.11 Å². The second kappa shape index (κ2) is 6.78. The molecule has 0 radical (unpaired) electrons. The maximum Gasteiger partial charge on any atom is 0.146 e. The molecule has 6 heteroatoms. The maximum absolute atomic E-state index is 5.95. The number of aromatic nitrogens is 2. The van der Waals surface area contributed by atoms with Crippen LogP contribution in [-0.2, 0) is 12.8 Å². The van der Waals surface area contributed by atoms with Crippen LogP contribution in [0.25, 0.3) is 0 Å². The molecule has 20 heavy (non-hydrogen) atoms. The number of hydrogen-bond donors (Lipinski definition) is 2. The van der Waals surface area contributed by atoms with E-state index in [4.69, 9.17) is 16.2 Å². The number of nitrogens with two attached hydrogens (primary N) is 2. The molecule has 0 aliphatic heterocycles. The van der Waals surface area contributed by atoms with E-state index >= 15 is 0 Å². The minimum atomic E-state index is -0.0763. The van der Waals surface area contributed by atoms with Gasteiger partial charge in [-0.2, -0.15) is 4.37 Å². The number of methoxy groups -OCH3 is 1. The highest BCUT2D eigenvalue weighted by Gasteiger charge is 2.13. The van der Waals surface area contributed by atoms with Crippen LogP contribution in [-0.4, -0.2) is 28.6 Å². The Bertz CT molecular complexity index is 556. The Morgan fingerprint density at radius 3 is 2.85 bits per heavy atom. The van der Waals surface area contributed by atoms with Gasteiger partial charge >= 0.3 is 0 Å². The predicted octanol–water partition coefficient (Wildman–Crippen LogP) is 1.35. The smallest absolute Gasteiger partial charge is 0.146 e. The molecule has 0 amide bonds. The molecule has 4 N–H and O–H groups in total. The third kappa shape index (κ3) is 4.00. The topological polar surface area (TPSA) is 87.0 Å². The first-order valence-electron chi connectivity index (χ1n) is 6.54. The second-order valence-corrected chi connectivity index (χ2v) is 5.70. The molecule has 1 aromatic carbocycles. The monoisotopic (exact) mass is 292 g/mol. The Labute approximate surface area is 123 Å².